The first-order chi connectivity index (χ1) is 6.82. The Bertz CT molecular complexity index is 243. The Labute approximate surface area is 91.8 Å². The van der Waals surface area contributed by atoms with E-state index >= 15 is 0 Å². The van der Waals surface area contributed by atoms with Crippen molar-refractivity contribution in [1.29, 1.82) is 0 Å². The first-order valence-electron chi connectivity index (χ1n) is 5.60. The monoisotopic (exact) mass is 214 g/mol. The van der Waals surface area contributed by atoms with Gasteiger partial charge in [-0.1, -0.05) is 0 Å². The molecule has 3 heteroatoms. The second-order valence-corrected chi connectivity index (χ2v) is 5.46. The number of carboxylic acid groups (broad SMARTS) is 1. The van der Waals surface area contributed by atoms with Crippen LogP contribution in [0.5, 0.6) is 0 Å². The molecule has 0 aromatic heterocycles. The zero-order valence-corrected chi connectivity index (χ0v) is 10.2. The summed E-state index contributed by atoms with van der Waals surface area (Å²) < 4.78 is 5.32. The lowest BCUT2D eigenvalue weighted by Crippen LogP contribution is -2.33. The van der Waals surface area contributed by atoms with Gasteiger partial charge in [-0.3, -0.25) is 4.79 Å². The molecule has 0 aromatic carbocycles. The molecule has 1 atom stereocenters. The summed E-state index contributed by atoms with van der Waals surface area (Å²) >= 11 is 0. The van der Waals surface area contributed by atoms with Crippen LogP contribution < -0.4 is 0 Å². The van der Waals surface area contributed by atoms with E-state index < -0.39 is 11.4 Å². The lowest BCUT2D eigenvalue weighted by atomic mass is 9.78. The third-order valence-electron chi connectivity index (χ3n) is 3.77. The molecule has 1 unspecified atom stereocenters. The maximum atomic E-state index is 11.3. The Balaban J connectivity index is 2.56. The van der Waals surface area contributed by atoms with Crippen LogP contribution in [0.3, 0.4) is 0 Å². The molecule has 15 heavy (non-hydrogen) atoms. The van der Waals surface area contributed by atoms with Crippen molar-refractivity contribution < 1.29 is 14.6 Å². The number of ether oxygens (including phenoxy) is 1. The highest BCUT2D eigenvalue weighted by Gasteiger charge is 2.47. The first-order valence-corrected chi connectivity index (χ1v) is 5.60. The maximum absolute atomic E-state index is 11.3. The Kier molecular flexibility index (Phi) is 3.44. The van der Waals surface area contributed by atoms with Crippen molar-refractivity contribution in [3.63, 3.8) is 0 Å². The predicted molar refractivity (Wildman–Crippen MR) is 58.8 cm³/mol. The van der Waals surface area contributed by atoms with Crippen LogP contribution in [-0.4, -0.2) is 23.8 Å². The summed E-state index contributed by atoms with van der Waals surface area (Å²) in [6, 6.07) is 0. The molecule has 0 bridgehead atoms. The molecular weight excluding hydrogens is 192 g/mol. The topological polar surface area (TPSA) is 46.5 Å². The van der Waals surface area contributed by atoms with Crippen LogP contribution >= 0.6 is 0 Å². The third-order valence-corrected chi connectivity index (χ3v) is 3.77. The number of carboxylic acids is 1. The van der Waals surface area contributed by atoms with Crippen molar-refractivity contribution in [2.24, 2.45) is 11.3 Å². The summed E-state index contributed by atoms with van der Waals surface area (Å²) in [5, 5.41) is 9.27. The summed E-state index contributed by atoms with van der Waals surface area (Å²) in [4.78, 5) is 11.3. The number of aliphatic carboxylic acids is 1. The molecule has 1 aliphatic carbocycles. The molecule has 0 aromatic rings. The van der Waals surface area contributed by atoms with E-state index in [2.05, 4.69) is 0 Å². The Morgan fingerprint density at radius 1 is 1.33 bits per heavy atom. The minimum Gasteiger partial charge on any atom is -0.481 e. The molecule has 0 spiro atoms. The average molecular weight is 214 g/mol. The normalized spacial score (nSPS) is 21.1. The molecular formula is C12H22O3. The van der Waals surface area contributed by atoms with E-state index in [9.17, 15) is 9.90 Å². The van der Waals surface area contributed by atoms with E-state index in [1.165, 1.54) is 0 Å². The van der Waals surface area contributed by atoms with E-state index in [1.807, 2.05) is 20.8 Å². The van der Waals surface area contributed by atoms with Gasteiger partial charge in [0.15, 0.2) is 0 Å². The largest absolute Gasteiger partial charge is 0.481 e. The Morgan fingerprint density at radius 3 is 2.20 bits per heavy atom. The molecule has 88 valence electrons. The van der Waals surface area contributed by atoms with Crippen LogP contribution in [-0.2, 0) is 9.53 Å². The highest BCUT2D eigenvalue weighted by molar-refractivity contribution is 5.75. The van der Waals surface area contributed by atoms with Crippen LogP contribution in [0.15, 0.2) is 0 Å². The molecule has 3 nitrogen and oxygen atoms in total. The minimum absolute atomic E-state index is 0.217. The fourth-order valence-corrected chi connectivity index (χ4v) is 1.87. The van der Waals surface area contributed by atoms with Gasteiger partial charge in [0, 0.05) is 7.11 Å². The van der Waals surface area contributed by atoms with E-state index in [0.29, 0.717) is 12.3 Å². The molecule has 0 radical (unpaired) electrons. The smallest absolute Gasteiger partial charge is 0.309 e. The van der Waals surface area contributed by atoms with Gasteiger partial charge >= 0.3 is 5.97 Å². The first kappa shape index (κ1) is 12.5. The number of methoxy groups -OCH3 is 1. The number of rotatable bonds is 6. The van der Waals surface area contributed by atoms with Gasteiger partial charge in [0.25, 0.3) is 0 Å². The van der Waals surface area contributed by atoms with Gasteiger partial charge in [0.2, 0.25) is 0 Å². The van der Waals surface area contributed by atoms with Crippen molar-refractivity contribution >= 4 is 5.97 Å². The molecule has 0 saturated heterocycles. The van der Waals surface area contributed by atoms with E-state index in [0.717, 1.165) is 19.3 Å². The van der Waals surface area contributed by atoms with Gasteiger partial charge in [-0.25, -0.2) is 0 Å². The summed E-state index contributed by atoms with van der Waals surface area (Å²) in [6.07, 6.45) is 3.63. The van der Waals surface area contributed by atoms with E-state index in [4.69, 9.17) is 4.74 Å². The Morgan fingerprint density at radius 2 is 1.87 bits per heavy atom. The molecule has 1 aliphatic rings. The SMILES string of the molecule is COC(C)(C)CCC(C)(C(=O)O)C1CC1. The van der Waals surface area contributed by atoms with Crippen molar-refractivity contribution in [3.8, 4) is 0 Å². The maximum Gasteiger partial charge on any atom is 0.309 e. The predicted octanol–water partition coefficient (Wildman–Crippen LogP) is 2.69. The summed E-state index contributed by atoms with van der Waals surface area (Å²) in [5.41, 5.74) is -0.762. The van der Waals surface area contributed by atoms with Crippen molar-refractivity contribution in [3.05, 3.63) is 0 Å². The van der Waals surface area contributed by atoms with Gasteiger partial charge in [-0.15, -0.1) is 0 Å². The van der Waals surface area contributed by atoms with E-state index in [-0.39, 0.29) is 5.60 Å². The number of hydrogen-bond acceptors (Lipinski definition) is 2. The molecule has 0 heterocycles. The zero-order valence-electron chi connectivity index (χ0n) is 10.2. The molecule has 1 N–H and O–H groups in total. The second-order valence-electron chi connectivity index (χ2n) is 5.46. The van der Waals surface area contributed by atoms with Crippen molar-refractivity contribution in [1.82, 2.24) is 0 Å². The van der Waals surface area contributed by atoms with Crippen LogP contribution in [0, 0.1) is 11.3 Å². The molecule has 0 amide bonds. The lowest BCUT2D eigenvalue weighted by Gasteiger charge is -2.30. The number of hydrogen-bond donors (Lipinski definition) is 1. The fourth-order valence-electron chi connectivity index (χ4n) is 1.87. The number of carbonyl (C=O) groups is 1. The van der Waals surface area contributed by atoms with Gasteiger partial charge in [-0.2, -0.15) is 0 Å². The van der Waals surface area contributed by atoms with Crippen LogP contribution in [0.4, 0.5) is 0 Å². The molecule has 1 rings (SSSR count). The fraction of sp³-hybridized carbons (Fsp3) is 0.917. The zero-order chi connectivity index (χ0) is 11.7. The average Bonchev–Trinajstić information content (AvgIpc) is 2.97. The summed E-state index contributed by atoms with van der Waals surface area (Å²) in [7, 11) is 1.68. The molecule has 1 saturated carbocycles. The molecule has 0 aliphatic heterocycles. The highest BCUT2D eigenvalue weighted by Crippen LogP contribution is 2.49. The van der Waals surface area contributed by atoms with Crippen molar-refractivity contribution in [2.45, 2.75) is 52.1 Å². The van der Waals surface area contributed by atoms with Crippen molar-refractivity contribution in [2.75, 3.05) is 7.11 Å². The Hall–Kier alpha value is -0.570. The second kappa shape index (κ2) is 4.12. The standard InChI is InChI=1S/C12H22O3/c1-11(2,15-4)7-8-12(3,10(13)14)9-5-6-9/h9H,5-8H2,1-4H3,(H,13,14). The summed E-state index contributed by atoms with van der Waals surface area (Å²) in [5.74, 6) is -0.278. The van der Waals surface area contributed by atoms with Crippen LogP contribution in [0.2, 0.25) is 0 Å². The van der Waals surface area contributed by atoms with Gasteiger partial charge in [0.1, 0.15) is 0 Å². The van der Waals surface area contributed by atoms with Gasteiger partial charge in [0.05, 0.1) is 11.0 Å². The minimum atomic E-state index is -0.656. The van der Waals surface area contributed by atoms with E-state index in [1.54, 1.807) is 7.11 Å². The lowest BCUT2D eigenvalue weighted by molar-refractivity contribution is -0.150. The third kappa shape index (κ3) is 2.94. The van der Waals surface area contributed by atoms with Gasteiger partial charge in [-0.05, 0) is 52.4 Å². The highest BCUT2D eigenvalue weighted by atomic mass is 16.5. The van der Waals surface area contributed by atoms with Crippen LogP contribution in [0.25, 0.3) is 0 Å². The van der Waals surface area contributed by atoms with Crippen LogP contribution in [0.1, 0.15) is 46.5 Å². The van der Waals surface area contributed by atoms with Gasteiger partial charge < -0.3 is 9.84 Å². The summed E-state index contributed by atoms with van der Waals surface area (Å²) in [6.45, 7) is 5.88. The molecule has 1 fully saturated rings. The quantitative estimate of drug-likeness (QED) is 0.739.